The van der Waals surface area contributed by atoms with Gasteiger partial charge in [0.2, 0.25) is 16.0 Å². The van der Waals surface area contributed by atoms with E-state index in [4.69, 9.17) is 5.73 Å². The Kier molecular flexibility index (Phi) is 4.96. The maximum Gasteiger partial charge on any atom is 0.269 e. The summed E-state index contributed by atoms with van der Waals surface area (Å²) >= 11 is 0. The maximum absolute atomic E-state index is 12.5. The summed E-state index contributed by atoms with van der Waals surface area (Å²) in [6.07, 6.45) is 0. The number of anilines is 2. The fourth-order valence-electron chi connectivity index (χ4n) is 2.58. The lowest BCUT2D eigenvalue weighted by molar-refractivity contribution is -0.384. The molecule has 13 heteroatoms. The number of nitro groups is 1. The molecule has 2 aromatic carbocycles. The number of nitrogens with zero attached hydrogens (tertiary/aromatic N) is 3. The summed E-state index contributed by atoms with van der Waals surface area (Å²) in [6, 6.07) is 8.50. The minimum atomic E-state index is -4.03. The van der Waals surface area contributed by atoms with Gasteiger partial charge in [-0.15, -0.1) is 0 Å². The van der Waals surface area contributed by atoms with Gasteiger partial charge in [0.1, 0.15) is 0 Å². The second-order valence-corrected chi connectivity index (χ2v) is 10.4. The lowest BCUT2D eigenvalue weighted by atomic mass is 10.3. The van der Waals surface area contributed by atoms with Crippen LogP contribution in [0.2, 0.25) is 0 Å². The standard InChI is InChI=1S/C16H17N5O6S2/c1-10(2)29(26,27)20-15-8-3-11(9-14(15)18-16(20)17)19-28(24,25)13-6-4-12(5-7-13)21(22)23/h3-10,19H,1-2H3,(H2,17,18). The van der Waals surface area contributed by atoms with E-state index < -0.39 is 30.2 Å². The molecule has 0 aliphatic rings. The normalized spacial score (nSPS) is 12.4. The number of nitrogen functional groups attached to an aromatic ring is 1. The second kappa shape index (κ2) is 7.00. The summed E-state index contributed by atoms with van der Waals surface area (Å²) in [4.78, 5) is 13.9. The van der Waals surface area contributed by atoms with Crippen molar-refractivity contribution >= 4 is 48.4 Å². The monoisotopic (exact) mass is 439 g/mol. The van der Waals surface area contributed by atoms with Gasteiger partial charge in [-0.05, 0) is 44.2 Å². The molecule has 0 saturated heterocycles. The summed E-state index contributed by atoms with van der Waals surface area (Å²) in [5, 5.41) is 9.96. The first-order valence-electron chi connectivity index (χ1n) is 8.23. The molecule has 3 N–H and O–H groups in total. The first kappa shape index (κ1) is 20.5. The summed E-state index contributed by atoms with van der Waals surface area (Å²) in [7, 11) is -7.78. The number of sulfonamides is 1. The lowest BCUT2D eigenvalue weighted by Crippen LogP contribution is -2.23. The van der Waals surface area contributed by atoms with E-state index in [2.05, 4.69) is 9.71 Å². The van der Waals surface area contributed by atoms with E-state index in [-0.39, 0.29) is 33.3 Å². The van der Waals surface area contributed by atoms with Gasteiger partial charge in [-0.2, -0.15) is 0 Å². The molecule has 1 aromatic heterocycles. The van der Waals surface area contributed by atoms with Crippen molar-refractivity contribution in [2.24, 2.45) is 0 Å². The number of rotatable bonds is 6. The van der Waals surface area contributed by atoms with Gasteiger partial charge in [0, 0.05) is 12.1 Å². The van der Waals surface area contributed by atoms with Crippen molar-refractivity contribution < 1.29 is 21.8 Å². The Bertz CT molecular complexity index is 1310. The van der Waals surface area contributed by atoms with Crippen molar-refractivity contribution in [2.45, 2.75) is 24.0 Å². The quantitative estimate of drug-likeness (QED) is 0.434. The average molecular weight is 439 g/mol. The molecule has 0 radical (unpaired) electrons. The molecule has 11 nitrogen and oxygen atoms in total. The van der Waals surface area contributed by atoms with Crippen LogP contribution in [-0.2, 0) is 20.0 Å². The topological polar surface area (TPSA) is 167 Å². The predicted molar refractivity (Wildman–Crippen MR) is 108 cm³/mol. The molecule has 0 amide bonds. The minimum Gasteiger partial charge on any atom is -0.368 e. The Morgan fingerprint density at radius 3 is 2.28 bits per heavy atom. The van der Waals surface area contributed by atoms with Crippen LogP contribution >= 0.6 is 0 Å². The number of imidazole rings is 1. The molecular weight excluding hydrogens is 422 g/mol. The van der Waals surface area contributed by atoms with Crippen LogP contribution in [-0.4, -0.2) is 36.0 Å². The smallest absolute Gasteiger partial charge is 0.269 e. The molecule has 0 unspecified atom stereocenters. The first-order valence-corrected chi connectivity index (χ1v) is 11.2. The minimum absolute atomic E-state index is 0.127. The Balaban J connectivity index is 1.98. The maximum atomic E-state index is 12.5. The van der Waals surface area contributed by atoms with Crippen molar-refractivity contribution in [2.75, 3.05) is 10.5 Å². The number of non-ortho nitro benzene ring substituents is 1. The van der Waals surface area contributed by atoms with Crippen LogP contribution in [0.15, 0.2) is 47.4 Å². The molecule has 3 rings (SSSR count). The zero-order valence-corrected chi connectivity index (χ0v) is 16.9. The van der Waals surface area contributed by atoms with Crippen molar-refractivity contribution in [1.29, 1.82) is 0 Å². The summed E-state index contributed by atoms with van der Waals surface area (Å²) in [6.45, 7) is 3.01. The van der Waals surface area contributed by atoms with Crippen LogP contribution in [0.25, 0.3) is 11.0 Å². The molecule has 0 atom stereocenters. The van der Waals surface area contributed by atoms with Crippen molar-refractivity contribution in [3.8, 4) is 0 Å². The Morgan fingerprint density at radius 1 is 1.10 bits per heavy atom. The number of aromatic nitrogens is 2. The third kappa shape index (κ3) is 3.73. The van der Waals surface area contributed by atoms with E-state index in [1.807, 2.05) is 0 Å². The molecular formula is C16H17N5O6S2. The SMILES string of the molecule is CC(C)S(=O)(=O)n1c(N)nc2cc(NS(=O)(=O)c3ccc([N+](=O)[O-])cc3)ccc21. The lowest BCUT2D eigenvalue weighted by Gasteiger charge is -2.11. The van der Waals surface area contributed by atoms with Gasteiger partial charge in [-0.1, -0.05) is 0 Å². The van der Waals surface area contributed by atoms with Gasteiger partial charge >= 0.3 is 0 Å². The Hall–Kier alpha value is -3.19. The van der Waals surface area contributed by atoms with E-state index in [0.717, 1.165) is 28.2 Å². The van der Waals surface area contributed by atoms with Gasteiger partial charge in [0.05, 0.1) is 31.8 Å². The molecule has 0 bridgehead atoms. The predicted octanol–water partition coefficient (Wildman–Crippen LogP) is 1.91. The third-order valence-electron chi connectivity index (χ3n) is 4.10. The van der Waals surface area contributed by atoms with Crippen LogP contribution in [0.4, 0.5) is 17.3 Å². The number of benzene rings is 2. The largest absolute Gasteiger partial charge is 0.368 e. The molecule has 0 aliphatic heterocycles. The highest BCUT2D eigenvalue weighted by atomic mass is 32.2. The summed E-state index contributed by atoms with van der Waals surface area (Å²) in [5.41, 5.74) is 6.06. The van der Waals surface area contributed by atoms with Crippen LogP contribution in [0.3, 0.4) is 0 Å². The fraction of sp³-hybridized carbons (Fsp3) is 0.188. The highest BCUT2D eigenvalue weighted by molar-refractivity contribution is 7.92. The van der Waals surface area contributed by atoms with Gasteiger partial charge in [-0.25, -0.2) is 25.8 Å². The van der Waals surface area contributed by atoms with Gasteiger partial charge in [0.15, 0.2) is 0 Å². The van der Waals surface area contributed by atoms with Crippen LogP contribution in [0.1, 0.15) is 13.8 Å². The molecule has 1 heterocycles. The molecule has 3 aromatic rings. The first-order chi connectivity index (χ1) is 13.4. The van der Waals surface area contributed by atoms with E-state index >= 15 is 0 Å². The van der Waals surface area contributed by atoms with Crippen molar-refractivity contribution in [3.05, 3.63) is 52.6 Å². The number of nitrogens with one attached hydrogen (secondary N) is 1. The molecule has 0 spiro atoms. The Morgan fingerprint density at radius 2 is 1.72 bits per heavy atom. The second-order valence-electron chi connectivity index (χ2n) is 6.39. The van der Waals surface area contributed by atoms with Crippen LogP contribution in [0.5, 0.6) is 0 Å². The molecule has 29 heavy (non-hydrogen) atoms. The fourth-order valence-corrected chi connectivity index (χ4v) is 4.78. The molecule has 0 aliphatic carbocycles. The van der Waals surface area contributed by atoms with Crippen LogP contribution in [0, 0.1) is 10.1 Å². The van der Waals surface area contributed by atoms with E-state index in [0.29, 0.717) is 0 Å². The zero-order valence-electron chi connectivity index (χ0n) is 15.3. The van der Waals surface area contributed by atoms with Gasteiger partial charge < -0.3 is 5.73 Å². The molecule has 0 fully saturated rings. The number of nitro benzene ring substituents is 1. The van der Waals surface area contributed by atoms with Crippen molar-refractivity contribution in [3.63, 3.8) is 0 Å². The number of nitrogens with two attached hydrogens (primary N) is 1. The summed E-state index contributed by atoms with van der Waals surface area (Å²) in [5.74, 6) is -0.232. The average Bonchev–Trinajstić information content (AvgIpc) is 2.96. The summed E-state index contributed by atoms with van der Waals surface area (Å²) < 4.78 is 53.2. The number of hydrogen-bond donors (Lipinski definition) is 2. The third-order valence-corrected chi connectivity index (χ3v) is 7.58. The highest BCUT2D eigenvalue weighted by Crippen LogP contribution is 2.26. The molecule has 0 saturated carbocycles. The van der Waals surface area contributed by atoms with Crippen molar-refractivity contribution in [1.82, 2.24) is 8.96 Å². The number of hydrogen-bond acceptors (Lipinski definition) is 8. The molecule has 154 valence electrons. The zero-order chi connectivity index (χ0) is 21.6. The Labute approximate surface area is 166 Å². The van der Waals surface area contributed by atoms with E-state index in [9.17, 15) is 26.9 Å². The van der Waals surface area contributed by atoms with E-state index in [1.54, 1.807) is 0 Å². The number of fused-ring (bicyclic) bond motifs is 1. The van der Waals surface area contributed by atoms with Crippen LogP contribution < -0.4 is 10.5 Å². The van der Waals surface area contributed by atoms with E-state index in [1.165, 1.54) is 32.0 Å². The van der Waals surface area contributed by atoms with Gasteiger partial charge in [-0.3, -0.25) is 14.8 Å². The van der Waals surface area contributed by atoms with Gasteiger partial charge in [0.25, 0.3) is 15.7 Å². The highest BCUT2D eigenvalue weighted by Gasteiger charge is 2.25.